The van der Waals surface area contributed by atoms with Gasteiger partial charge in [-0.2, -0.15) is 0 Å². The van der Waals surface area contributed by atoms with Crippen molar-refractivity contribution in [3.05, 3.63) is 70.0 Å². The number of amides is 1. The van der Waals surface area contributed by atoms with Crippen molar-refractivity contribution in [1.82, 2.24) is 20.3 Å². The fraction of sp³-hybridized carbons (Fsp3) is 0.318. The van der Waals surface area contributed by atoms with Crippen molar-refractivity contribution in [2.75, 3.05) is 24.5 Å². The zero-order chi connectivity index (χ0) is 20.4. The molecule has 2 aromatic carbocycles. The van der Waals surface area contributed by atoms with Crippen LogP contribution in [0.4, 0.5) is 5.69 Å². The zero-order valence-electron chi connectivity index (χ0n) is 16.6. The standard InChI is InChI=1S/C22H24BrN5O/c1-15-6-8-19(9-7-15)28-16(2)21(25-26-28)22(29)24-13-17-10-11-27(14-17)20-5-3-4-18(23)12-20/h3-9,12,17H,10-11,13-14H2,1-2H3,(H,24,29). The highest BCUT2D eigenvalue weighted by Gasteiger charge is 2.24. The maximum atomic E-state index is 12.7. The Morgan fingerprint density at radius 2 is 1.97 bits per heavy atom. The highest BCUT2D eigenvalue weighted by molar-refractivity contribution is 9.10. The summed E-state index contributed by atoms with van der Waals surface area (Å²) in [5.41, 5.74) is 4.42. The van der Waals surface area contributed by atoms with Crippen molar-refractivity contribution in [2.45, 2.75) is 20.3 Å². The fourth-order valence-corrected chi connectivity index (χ4v) is 4.08. The lowest BCUT2D eigenvalue weighted by molar-refractivity contribution is 0.0942. The molecule has 1 aliphatic rings. The molecule has 150 valence electrons. The number of nitrogens with zero attached hydrogens (tertiary/aromatic N) is 4. The smallest absolute Gasteiger partial charge is 0.273 e. The van der Waals surface area contributed by atoms with Crippen LogP contribution in [-0.2, 0) is 0 Å². The summed E-state index contributed by atoms with van der Waals surface area (Å²) in [6.07, 6.45) is 1.06. The average Bonchev–Trinajstić information content (AvgIpc) is 3.34. The molecule has 0 bridgehead atoms. The maximum absolute atomic E-state index is 12.7. The summed E-state index contributed by atoms with van der Waals surface area (Å²) < 4.78 is 2.79. The minimum atomic E-state index is -0.165. The van der Waals surface area contributed by atoms with Crippen molar-refractivity contribution in [1.29, 1.82) is 0 Å². The topological polar surface area (TPSA) is 63.1 Å². The number of halogens is 1. The summed E-state index contributed by atoms with van der Waals surface area (Å²) >= 11 is 3.53. The number of hydrogen-bond acceptors (Lipinski definition) is 4. The van der Waals surface area contributed by atoms with E-state index in [1.54, 1.807) is 4.68 Å². The summed E-state index contributed by atoms with van der Waals surface area (Å²) in [5.74, 6) is 0.257. The van der Waals surface area contributed by atoms with E-state index in [4.69, 9.17) is 0 Å². The third kappa shape index (κ3) is 4.34. The monoisotopic (exact) mass is 453 g/mol. The molecule has 0 aliphatic carbocycles. The Morgan fingerprint density at radius 3 is 2.72 bits per heavy atom. The molecule has 1 atom stereocenters. The van der Waals surface area contributed by atoms with Crippen LogP contribution >= 0.6 is 15.9 Å². The van der Waals surface area contributed by atoms with Gasteiger partial charge in [0, 0.05) is 29.8 Å². The van der Waals surface area contributed by atoms with Crippen molar-refractivity contribution < 1.29 is 4.79 Å². The third-order valence-electron chi connectivity index (χ3n) is 5.40. The molecule has 3 aromatic rings. The van der Waals surface area contributed by atoms with Gasteiger partial charge in [-0.3, -0.25) is 4.79 Å². The van der Waals surface area contributed by atoms with Gasteiger partial charge in [-0.1, -0.05) is 44.9 Å². The maximum Gasteiger partial charge on any atom is 0.273 e. The molecule has 1 aromatic heterocycles. The molecule has 1 fully saturated rings. The van der Waals surface area contributed by atoms with E-state index in [2.05, 4.69) is 54.7 Å². The van der Waals surface area contributed by atoms with Crippen LogP contribution in [0, 0.1) is 19.8 Å². The third-order valence-corrected chi connectivity index (χ3v) is 5.89. The number of aromatic nitrogens is 3. The van der Waals surface area contributed by atoms with Crippen LogP contribution in [0.1, 0.15) is 28.2 Å². The SMILES string of the molecule is Cc1ccc(-n2nnc(C(=O)NCC3CCN(c4cccc(Br)c4)C3)c2C)cc1. The molecule has 1 saturated heterocycles. The molecular formula is C22H24BrN5O. The number of carbonyl (C=O) groups excluding carboxylic acids is 1. The van der Waals surface area contributed by atoms with Crippen molar-refractivity contribution >= 4 is 27.5 Å². The summed E-state index contributed by atoms with van der Waals surface area (Å²) in [7, 11) is 0. The van der Waals surface area contributed by atoms with Gasteiger partial charge in [-0.15, -0.1) is 5.10 Å². The largest absolute Gasteiger partial charge is 0.371 e. The number of hydrogen-bond donors (Lipinski definition) is 1. The van der Waals surface area contributed by atoms with Crippen LogP contribution in [-0.4, -0.2) is 40.5 Å². The number of anilines is 1. The van der Waals surface area contributed by atoms with E-state index in [9.17, 15) is 4.79 Å². The number of benzene rings is 2. The number of carbonyl (C=O) groups is 1. The number of nitrogens with one attached hydrogen (secondary N) is 1. The van der Waals surface area contributed by atoms with Crippen molar-refractivity contribution in [3.8, 4) is 5.69 Å². The van der Waals surface area contributed by atoms with E-state index in [1.165, 1.54) is 11.3 Å². The van der Waals surface area contributed by atoms with Crippen LogP contribution in [0.2, 0.25) is 0 Å². The molecule has 1 N–H and O–H groups in total. The molecule has 1 amide bonds. The molecule has 0 spiro atoms. The summed E-state index contributed by atoms with van der Waals surface area (Å²) in [6, 6.07) is 16.3. The molecule has 2 heterocycles. The second kappa shape index (κ2) is 8.37. The van der Waals surface area contributed by atoms with Gasteiger partial charge in [-0.05, 0) is 56.5 Å². The first-order valence-electron chi connectivity index (χ1n) is 9.79. The normalized spacial score (nSPS) is 16.2. The van der Waals surface area contributed by atoms with Gasteiger partial charge in [0.15, 0.2) is 5.69 Å². The number of rotatable bonds is 5. The lowest BCUT2D eigenvalue weighted by Gasteiger charge is -2.19. The van der Waals surface area contributed by atoms with Gasteiger partial charge in [0.2, 0.25) is 0 Å². The van der Waals surface area contributed by atoms with Crippen LogP contribution in [0.3, 0.4) is 0 Å². The van der Waals surface area contributed by atoms with Gasteiger partial charge in [0.25, 0.3) is 5.91 Å². The molecule has 0 saturated carbocycles. The molecule has 1 unspecified atom stereocenters. The molecule has 29 heavy (non-hydrogen) atoms. The molecule has 6 nitrogen and oxygen atoms in total. The Hall–Kier alpha value is -2.67. The molecule has 0 radical (unpaired) electrons. The molecule has 1 aliphatic heterocycles. The second-order valence-corrected chi connectivity index (χ2v) is 8.48. The van der Waals surface area contributed by atoms with Crippen molar-refractivity contribution in [2.24, 2.45) is 5.92 Å². The molecule has 4 rings (SSSR count). The Kier molecular flexibility index (Phi) is 5.67. The van der Waals surface area contributed by atoms with Gasteiger partial charge < -0.3 is 10.2 Å². The van der Waals surface area contributed by atoms with Gasteiger partial charge in [0.1, 0.15) is 0 Å². The average molecular weight is 454 g/mol. The van der Waals surface area contributed by atoms with E-state index in [1.807, 2.05) is 44.2 Å². The number of aryl methyl sites for hydroxylation is 1. The first kappa shape index (κ1) is 19.6. The minimum absolute atomic E-state index is 0.165. The summed E-state index contributed by atoms with van der Waals surface area (Å²) in [6.45, 7) is 6.49. The van der Waals surface area contributed by atoms with E-state index in [-0.39, 0.29) is 5.91 Å². The highest BCUT2D eigenvalue weighted by atomic mass is 79.9. The Bertz CT molecular complexity index is 1010. The molecular weight excluding hydrogens is 430 g/mol. The Labute approximate surface area is 179 Å². The quantitative estimate of drug-likeness (QED) is 0.635. The predicted molar refractivity (Wildman–Crippen MR) is 118 cm³/mol. The predicted octanol–water partition coefficient (Wildman–Crippen LogP) is 3.90. The first-order chi connectivity index (χ1) is 14.0. The zero-order valence-corrected chi connectivity index (χ0v) is 18.2. The van der Waals surface area contributed by atoms with Crippen LogP contribution < -0.4 is 10.2 Å². The second-order valence-electron chi connectivity index (χ2n) is 7.56. The summed E-state index contributed by atoms with van der Waals surface area (Å²) in [5, 5.41) is 11.3. The van der Waals surface area contributed by atoms with Crippen LogP contribution in [0.5, 0.6) is 0 Å². The van der Waals surface area contributed by atoms with E-state index >= 15 is 0 Å². The van der Waals surface area contributed by atoms with Crippen LogP contribution in [0.15, 0.2) is 53.0 Å². The summed E-state index contributed by atoms with van der Waals surface area (Å²) in [4.78, 5) is 15.0. The van der Waals surface area contributed by atoms with Gasteiger partial charge >= 0.3 is 0 Å². The lowest BCUT2D eigenvalue weighted by Crippen LogP contribution is -2.31. The van der Waals surface area contributed by atoms with Gasteiger partial charge in [0.05, 0.1) is 11.4 Å². The highest BCUT2D eigenvalue weighted by Crippen LogP contribution is 2.26. The molecule has 7 heteroatoms. The minimum Gasteiger partial charge on any atom is -0.371 e. The Morgan fingerprint density at radius 1 is 1.17 bits per heavy atom. The van der Waals surface area contributed by atoms with Crippen molar-refractivity contribution in [3.63, 3.8) is 0 Å². The lowest BCUT2D eigenvalue weighted by atomic mass is 10.1. The van der Waals surface area contributed by atoms with E-state index in [0.29, 0.717) is 18.2 Å². The van der Waals surface area contributed by atoms with E-state index in [0.717, 1.165) is 35.4 Å². The van der Waals surface area contributed by atoms with Crippen LogP contribution in [0.25, 0.3) is 5.69 Å². The Balaban J connectivity index is 1.36. The first-order valence-corrected chi connectivity index (χ1v) is 10.6. The van der Waals surface area contributed by atoms with Gasteiger partial charge in [-0.25, -0.2) is 4.68 Å². The fourth-order valence-electron chi connectivity index (χ4n) is 3.70. The van der Waals surface area contributed by atoms with E-state index < -0.39 is 0 Å².